The molecule has 0 unspecified atom stereocenters. The Morgan fingerprint density at radius 1 is 0.964 bits per heavy atom. The van der Waals surface area contributed by atoms with Gasteiger partial charge in [0.2, 0.25) is 11.8 Å². The summed E-state index contributed by atoms with van der Waals surface area (Å²) in [6.45, 7) is 0.223. The Morgan fingerprint density at radius 2 is 1.61 bits per heavy atom. The van der Waals surface area contributed by atoms with Crippen LogP contribution in [0.25, 0.3) is 11.0 Å². The lowest BCUT2D eigenvalue weighted by atomic mass is 10.1. The first-order valence-corrected chi connectivity index (χ1v) is 8.84. The summed E-state index contributed by atoms with van der Waals surface area (Å²) in [6.07, 6.45) is 0.198. The zero-order valence-corrected chi connectivity index (χ0v) is 15.8. The van der Waals surface area contributed by atoms with Gasteiger partial charge in [0.25, 0.3) is 0 Å². The SMILES string of the molecule is COc1ccc(CC(=O)NNC(=O)CCn2c(=O)n(C)c3ccccc32)cc1. The Bertz CT molecular complexity index is 1050. The number of hydrogen-bond donors (Lipinski definition) is 2. The molecule has 0 atom stereocenters. The first-order chi connectivity index (χ1) is 13.5. The second-order valence-corrected chi connectivity index (χ2v) is 6.35. The number of carbonyl (C=O) groups is 2. The number of methoxy groups -OCH3 is 1. The lowest BCUT2D eigenvalue weighted by molar-refractivity contribution is -0.128. The Morgan fingerprint density at radius 3 is 2.29 bits per heavy atom. The van der Waals surface area contributed by atoms with Gasteiger partial charge in [0.05, 0.1) is 24.6 Å². The largest absolute Gasteiger partial charge is 0.497 e. The van der Waals surface area contributed by atoms with Gasteiger partial charge in [-0.2, -0.15) is 0 Å². The van der Waals surface area contributed by atoms with Gasteiger partial charge in [0.1, 0.15) is 5.75 Å². The van der Waals surface area contributed by atoms with Crippen molar-refractivity contribution in [1.29, 1.82) is 0 Å². The zero-order chi connectivity index (χ0) is 20.1. The van der Waals surface area contributed by atoms with Crippen molar-refractivity contribution in [2.24, 2.45) is 7.05 Å². The maximum absolute atomic E-state index is 12.3. The molecule has 8 nitrogen and oxygen atoms in total. The molecule has 1 aromatic heterocycles. The maximum Gasteiger partial charge on any atom is 0.328 e. The summed E-state index contributed by atoms with van der Waals surface area (Å²) in [5.74, 6) is 0.00454. The van der Waals surface area contributed by atoms with Crippen molar-refractivity contribution >= 4 is 22.8 Å². The molecule has 3 aromatic rings. The predicted molar refractivity (Wildman–Crippen MR) is 105 cm³/mol. The molecule has 146 valence electrons. The van der Waals surface area contributed by atoms with Crippen LogP contribution in [-0.4, -0.2) is 28.1 Å². The van der Waals surface area contributed by atoms with E-state index in [-0.39, 0.29) is 36.9 Å². The van der Waals surface area contributed by atoms with Crippen LogP contribution in [0.4, 0.5) is 0 Å². The van der Waals surface area contributed by atoms with Crippen LogP contribution in [0.2, 0.25) is 0 Å². The molecule has 0 bridgehead atoms. The summed E-state index contributed by atoms with van der Waals surface area (Å²) in [6, 6.07) is 14.5. The van der Waals surface area contributed by atoms with Crippen molar-refractivity contribution in [3.05, 3.63) is 64.6 Å². The van der Waals surface area contributed by atoms with E-state index < -0.39 is 0 Å². The van der Waals surface area contributed by atoms with Crippen LogP contribution in [0.5, 0.6) is 5.75 Å². The molecule has 0 radical (unpaired) electrons. The monoisotopic (exact) mass is 382 g/mol. The van der Waals surface area contributed by atoms with Gasteiger partial charge < -0.3 is 4.74 Å². The van der Waals surface area contributed by atoms with Crippen LogP contribution in [0.3, 0.4) is 0 Å². The van der Waals surface area contributed by atoms with Crippen molar-refractivity contribution in [2.75, 3.05) is 7.11 Å². The molecule has 2 aromatic carbocycles. The summed E-state index contributed by atoms with van der Waals surface area (Å²) in [5, 5.41) is 0. The van der Waals surface area contributed by atoms with Crippen molar-refractivity contribution in [3.63, 3.8) is 0 Å². The topological polar surface area (TPSA) is 94.4 Å². The smallest absolute Gasteiger partial charge is 0.328 e. The number of hydrogen-bond acceptors (Lipinski definition) is 4. The molecular formula is C20H22N4O4. The molecule has 1 heterocycles. The fourth-order valence-electron chi connectivity index (χ4n) is 2.97. The first kappa shape index (κ1) is 19.2. The predicted octanol–water partition coefficient (Wildman–Crippen LogP) is 1.13. The van der Waals surface area contributed by atoms with Crippen molar-refractivity contribution < 1.29 is 14.3 Å². The highest BCUT2D eigenvalue weighted by atomic mass is 16.5. The Balaban J connectivity index is 1.51. The van der Waals surface area contributed by atoms with E-state index >= 15 is 0 Å². The number of imidazole rings is 1. The fraction of sp³-hybridized carbons (Fsp3) is 0.250. The highest BCUT2D eigenvalue weighted by Gasteiger charge is 2.12. The number of aromatic nitrogens is 2. The summed E-state index contributed by atoms with van der Waals surface area (Å²) in [5.41, 5.74) is 6.97. The number of para-hydroxylation sites is 2. The fourth-order valence-corrected chi connectivity index (χ4v) is 2.97. The summed E-state index contributed by atoms with van der Waals surface area (Å²) < 4.78 is 8.17. The Hall–Kier alpha value is -3.55. The third-order valence-electron chi connectivity index (χ3n) is 4.48. The van der Waals surface area contributed by atoms with Gasteiger partial charge in [0.15, 0.2) is 0 Å². The van der Waals surface area contributed by atoms with Crippen LogP contribution in [-0.2, 0) is 29.6 Å². The Labute approximate surface area is 161 Å². The maximum atomic E-state index is 12.3. The normalized spacial score (nSPS) is 10.6. The third kappa shape index (κ3) is 4.22. The van der Waals surface area contributed by atoms with Crippen LogP contribution >= 0.6 is 0 Å². The van der Waals surface area contributed by atoms with Gasteiger partial charge in [-0.05, 0) is 29.8 Å². The van der Waals surface area contributed by atoms with E-state index in [0.717, 1.165) is 16.6 Å². The number of nitrogens with one attached hydrogen (secondary N) is 2. The van der Waals surface area contributed by atoms with E-state index in [0.29, 0.717) is 5.75 Å². The minimum atomic E-state index is -0.372. The van der Waals surface area contributed by atoms with Gasteiger partial charge in [-0.3, -0.25) is 29.6 Å². The lowest BCUT2D eigenvalue weighted by Crippen LogP contribution is -2.42. The van der Waals surface area contributed by atoms with Gasteiger partial charge in [-0.25, -0.2) is 4.79 Å². The van der Waals surface area contributed by atoms with E-state index in [1.54, 1.807) is 47.6 Å². The molecular weight excluding hydrogens is 360 g/mol. The molecule has 2 amide bonds. The van der Waals surface area contributed by atoms with E-state index in [1.807, 2.05) is 24.3 Å². The molecule has 8 heteroatoms. The molecule has 0 fully saturated rings. The third-order valence-corrected chi connectivity index (χ3v) is 4.48. The number of ether oxygens (including phenoxy) is 1. The van der Waals surface area contributed by atoms with E-state index in [4.69, 9.17) is 4.74 Å². The van der Waals surface area contributed by atoms with E-state index in [2.05, 4.69) is 10.9 Å². The number of benzene rings is 2. The molecule has 2 N–H and O–H groups in total. The molecule has 0 saturated carbocycles. The standard InChI is InChI=1S/C20H22N4O4/c1-23-16-5-3-4-6-17(16)24(20(23)27)12-11-18(25)21-22-19(26)13-14-7-9-15(28-2)10-8-14/h3-10H,11-13H2,1-2H3,(H,21,25)(H,22,26). The van der Waals surface area contributed by atoms with Crippen LogP contribution < -0.4 is 21.3 Å². The highest BCUT2D eigenvalue weighted by molar-refractivity contribution is 5.83. The average molecular weight is 382 g/mol. The molecule has 0 spiro atoms. The number of nitrogens with zero attached hydrogens (tertiary/aromatic N) is 2. The molecule has 0 saturated heterocycles. The number of amides is 2. The molecule has 3 rings (SSSR count). The molecule has 0 aliphatic heterocycles. The van der Waals surface area contributed by atoms with Gasteiger partial charge in [-0.15, -0.1) is 0 Å². The quantitative estimate of drug-likeness (QED) is 0.625. The number of carbonyl (C=O) groups excluding carboxylic acids is 2. The van der Waals surface area contributed by atoms with Crippen LogP contribution in [0.1, 0.15) is 12.0 Å². The van der Waals surface area contributed by atoms with Crippen molar-refractivity contribution in [2.45, 2.75) is 19.4 Å². The number of aryl methyl sites for hydroxylation is 2. The summed E-state index contributed by atoms with van der Waals surface area (Å²) in [4.78, 5) is 36.3. The van der Waals surface area contributed by atoms with Crippen LogP contribution in [0.15, 0.2) is 53.3 Å². The van der Waals surface area contributed by atoms with Crippen LogP contribution in [0, 0.1) is 0 Å². The second kappa shape index (κ2) is 8.43. The number of hydrazine groups is 1. The summed E-state index contributed by atoms with van der Waals surface area (Å²) >= 11 is 0. The van der Waals surface area contributed by atoms with Gasteiger partial charge in [-0.1, -0.05) is 24.3 Å². The average Bonchev–Trinajstić information content (AvgIpc) is 2.96. The molecule has 0 aliphatic rings. The highest BCUT2D eigenvalue weighted by Crippen LogP contribution is 2.12. The Kier molecular flexibility index (Phi) is 5.78. The van der Waals surface area contributed by atoms with E-state index in [9.17, 15) is 14.4 Å². The van der Waals surface area contributed by atoms with Crippen molar-refractivity contribution in [1.82, 2.24) is 20.0 Å². The first-order valence-electron chi connectivity index (χ1n) is 8.84. The summed E-state index contributed by atoms with van der Waals surface area (Å²) in [7, 11) is 3.27. The molecule has 0 aliphatic carbocycles. The van der Waals surface area contributed by atoms with Gasteiger partial charge in [0, 0.05) is 20.0 Å². The number of fused-ring (bicyclic) bond motifs is 1. The lowest BCUT2D eigenvalue weighted by Gasteiger charge is -2.08. The molecule has 28 heavy (non-hydrogen) atoms. The minimum absolute atomic E-state index is 0.0662. The number of rotatable bonds is 6. The van der Waals surface area contributed by atoms with E-state index in [1.165, 1.54) is 0 Å². The van der Waals surface area contributed by atoms with Gasteiger partial charge >= 0.3 is 5.69 Å². The second-order valence-electron chi connectivity index (χ2n) is 6.35. The van der Waals surface area contributed by atoms with Crippen molar-refractivity contribution in [3.8, 4) is 5.75 Å². The zero-order valence-electron chi connectivity index (χ0n) is 15.8. The minimum Gasteiger partial charge on any atom is -0.497 e.